The molecule has 1 aromatic rings. The molecule has 1 aliphatic rings. The largest absolute Gasteiger partial charge is 0.494 e. The van der Waals surface area contributed by atoms with Crippen LogP contribution in [-0.2, 0) is 0 Å². The number of nitrogens with zero attached hydrogens (tertiary/aromatic N) is 4. The van der Waals surface area contributed by atoms with Crippen LogP contribution in [0.3, 0.4) is 0 Å². The SMILES string of the molecule is COc1cc(C(C)C)c(OC2=CNC(N=NN)NC2NN)cc1N=NN. The lowest BCUT2D eigenvalue weighted by atomic mass is 10.0. The Hall–Kier alpha value is -2.96. The van der Waals surface area contributed by atoms with Crippen LogP contribution in [0.5, 0.6) is 11.5 Å². The third-order valence-electron chi connectivity index (χ3n) is 3.67. The molecule has 1 aliphatic heterocycles. The van der Waals surface area contributed by atoms with E-state index in [-0.39, 0.29) is 5.92 Å². The molecule has 2 atom stereocenters. The summed E-state index contributed by atoms with van der Waals surface area (Å²) in [5, 5.41) is 20.2. The summed E-state index contributed by atoms with van der Waals surface area (Å²) in [6.07, 6.45) is 0.572. The number of rotatable bonds is 7. The highest BCUT2D eigenvalue weighted by molar-refractivity contribution is 5.59. The monoisotopic (exact) mass is 364 g/mol. The van der Waals surface area contributed by atoms with Gasteiger partial charge in [-0.05, 0) is 12.0 Å². The van der Waals surface area contributed by atoms with Gasteiger partial charge in [0, 0.05) is 17.8 Å². The van der Waals surface area contributed by atoms with Crippen molar-refractivity contribution in [1.29, 1.82) is 0 Å². The van der Waals surface area contributed by atoms with E-state index in [1.807, 2.05) is 19.9 Å². The second-order valence-electron chi connectivity index (χ2n) is 5.65. The Kier molecular flexibility index (Phi) is 6.66. The molecule has 2 unspecified atom stereocenters. The normalized spacial score (nSPS) is 20.4. The highest BCUT2D eigenvalue weighted by Crippen LogP contribution is 2.39. The number of benzene rings is 1. The van der Waals surface area contributed by atoms with Gasteiger partial charge in [-0.25, -0.2) is 5.43 Å². The van der Waals surface area contributed by atoms with Crippen molar-refractivity contribution < 1.29 is 9.47 Å². The summed E-state index contributed by atoms with van der Waals surface area (Å²) in [5.41, 5.74) is 3.96. The molecule has 0 aliphatic carbocycles. The standard InChI is InChI=1S/C14H24N10O2/c1-7(2)8-4-11(25-3)9(21-23-16)5-10(8)26-12-6-18-14(22-24-17)19-13(12)20-15/h4-7,13-14,18-20H,15H2,1-3H3,(H2,16,21)(H2,17,22). The van der Waals surface area contributed by atoms with Crippen LogP contribution in [-0.4, -0.2) is 19.6 Å². The highest BCUT2D eigenvalue weighted by atomic mass is 16.5. The zero-order valence-electron chi connectivity index (χ0n) is 14.8. The maximum atomic E-state index is 6.06. The van der Waals surface area contributed by atoms with E-state index in [0.717, 1.165) is 5.56 Å². The zero-order chi connectivity index (χ0) is 19.1. The number of nitrogens with one attached hydrogen (secondary N) is 3. The van der Waals surface area contributed by atoms with E-state index < -0.39 is 12.5 Å². The first-order valence-corrected chi connectivity index (χ1v) is 7.83. The predicted molar refractivity (Wildman–Crippen MR) is 94.7 cm³/mol. The van der Waals surface area contributed by atoms with Crippen molar-refractivity contribution in [2.75, 3.05) is 7.11 Å². The Bertz CT molecular complexity index is 703. The molecule has 0 bridgehead atoms. The van der Waals surface area contributed by atoms with Crippen LogP contribution in [0.25, 0.3) is 0 Å². The minimum absolute atomic E-state index is 0.163. The third kappa shape index (κ3) is 4.36. The first-order chi connectivity index (χ1) is 12.5. The number of hydrazine groups is 1. The number of ether oxygens (including phenoxy) is 2. The van der Waals surface area contributed by atoms with E-state index in [2.05, 4.69) is 36.7 Å². The summed E-state index contributed by atoms with van der Waals surface area (Å²) in [5.74, 6) is 17.6. The lowest BCUT2D eigenvalue weighted by Crippen LogP contribution is -2.58. The van der Waals surface area contributed by atoms with Gasteiger partial charge in [0.05, 0.1) is 7.11 Å². The molecule has 142 valence electrons. The fourth-order valence-corrected chi connectivity index (χ4v) is 2.42. The van der Waals surface area contributed by atoms with E-state index in [9.17, 15) is 0 Å². The first kappa shape index (κ1) is 19.4. The fraction of sp³-hybridized carbons (Fsp3) is 0.429. The van der Waals surface area contributed by atoms with E-state index in [0.29, 0.717) is 22.9 Å². The van der Waals surface area contributed by atoms with Gasteiger partial charge in [-0.3, -0.25) is 11.2 Å². The van der Waals surface area contributed by atoms with Crippen LogP contribution < -0.4 is 43.1 Å². The minimum atomic E-state index is -0.532. The van der Waals surface area contributed by atoms with Gasteiger partial charge in [-0.1, -0.05) is 24.3 Å². The number of methoxy groups -OCH3 is 1. The van der Waals surface area contributed by atoms with Crippen molar-refractivity contribution in [3.8, 4) is 11.5 Å². The lowest BCUT2D eigenvalue weighted by Gasteiger charge is -2.29. The molecule has 2 rings (SSSR count). The smallest absolute Gasteiger partial charge is 0.197 e. The number of hydrogen-bond acceptors (Lipinski definition) is 10. The average molecular weight is 364 g/mol. The van der Waals surface area contributed by atoms with Crippen LogP contribution in [0.15, 0.2) is 44.8 Å². The van der Waals surface area contributed by atoms with Crippen LogP contribution in [0.2, 0.25) is 0 Å². The van der Waals surface area contributed by atoms with Crippen molar-refractivity contribution in [3.63, 3.8) is 0 Å². The molecule has 0 amide bonds. The van der Waals surface area contributed by atoms with Crippen molar-refractivity contribution in [1.82, 2.24) is 16.1 Å². The van der Waals surface area contributed by atoms with Gasteiger partial charge >= 0.3 is 0 Å². The summed E-state index contributed by atoms with van der Waals surface area (Å²) in [6, 6.07) is 3.54. The molecule has 1 heterocycles. The van der Waals surface area contributed by atoms with Gasteiger partial charge in [0.1, 0.15) is 23.4 Å². The van der Waals surface area contributed by atoms with E-state index in [4.69, 9.17) is 27.0 Å². The van der Waals surface area contributed by atoms with E-state index >= 15 is 0 Å². The molecule has 9 N–H and O–H groups in total. The lowest BCUT2D eigenvalue weighted by molar-refractivity contribution is 0.265. The first-order valence-electron chi connectivity index (χ1n) is 7.83. The average Bonchev–Trinajstić information content (AvgIpc) is 2.63. The molecule has 0 saturated carbocycles. The fourth-order valence-electron chi connectivity index (χ4n) is 2.42. The van der Waals surface area contributed by atoms with Gasteiger partial charge in [0.2, 0.25) is 0 Å². The van der Waals surface area contributed by atoms with Gasteiger partial charge < -0.3 is 26.5 Å². The maximum Gasteiger partial charge on any atom is 0.197 e. The zero-order valence-corrected chi connectivity index (χ0v) is 14.8. The minimum Gasteiger partial charge on any atom is -0.494 e. The van der Waals surface area contributed by atoms with Crippen LogP contribution >= 0.6 is 0 Å². The molecule has 12 nitrogen and oxygen atoms in total. The number of hydrogen-bond donors (Lipinski definition) is 6. The van der Waals surface area contributed by atoms with Crippen LogP contribution in [0, 0.1) is 0 Å². The highest BCUT2D eigenvalue weighted by Gasteiger charge is 2.25. The molecule has 0 spiro atoms. The van der Waals surface area contributed by atoms with E-state index in [1.165, 1.54) is 0 Å². The second-order valence-corrected chi connectivity index (χ2v) is 5.65. The number of nitrogens with two attached hydrogens (primary N) is 3. The Morgan fingerprint density at radius 3 is 2.54 bits per heavy atom. The molecular formula is C14H24N10O2. The van der Waals surface area contributed by atoms with Crippen molar-refractivity contribution in [2.24, 2.45) is 38.2 Å². The molecule has 1 aromatic carbocycles. The van der Waals surface area contributed by atoms with Gasteiger partial charge in [-0.2, -0.15) is 0 Å². The summed E-state index contributed by atoms with van der Waals surface area (Å²) >= 11 is 0. The Labute approximate surface area is 150 Å². The van der Waals surface area contributed by atoms with Crippen LogP contribution in [0.1, 0.15) is 25.3 Å². The molecule has 12 heteroatoms. The van der Waals surface area contributed by atoms with Crippen LogP contribution in [0.4, 0.5) is 5.69 Å². The second kappa shape index (κ2) is 8.94. The maximum absolute atomic E-state index is 6.06. The van der Waals surface area contributed by atoms with Crippen molar-refractivity contribution >= 4 is 5.69 Å². The van der Waals surface area contributed by atoms with Gasteiger partial charge in [-0.15, -0.1) is 10.2 Å². The Morgan fingerprint density at radius 2 is 1.96 bits per heavy atom. The quantitative estimate of drug-likeness (QED) is 0.231. The van der Waals surface area contributed by atoms with Crippen molar-refractivity contribution in [3.05, 3.63) is 29.7 Å². The predicted octanol–water partition coefficient (Wildman–Crippen LogP) is 0.588. The Morgan fingerprint density at radius 1 is 1.19 bits per heavy atom. The summed E-state index contributed by atoms with van der Waals surface area (Å²) in [6.45, 7) is 4.07. The Balaban J connectivity index is 2.39. The molecule has 0 fully saturated rings. The van der Waals surface area contributed by atoms with Crippen molar-refractivity contribution in [2.45, 2.75) is 32.2 Å². The summed E-state index contributed by atoms with van der Waals surface area (Å²) in [7, 11) is 1.55. The van der Waals surface area contributed by atoms with Gasteiger partial charge in [0.25, 0.3) is 0 Å². The molecule has 0 saturated heterocycles. The third-order valence-corrected chi connectivity index (χ3v) is 3.67. The van der Waals surface area contributed by atoms with E-state index in [1.54, 1.807) is 19.4 Å². The molecule has 0 aromatic heterocycles. The molecule has 0 radical (unpaired) electrons. The summed E-state index contributed by atoms with van der Waals surface area (Å²) in [4.78, 5) is 0. The molecule has 26 heavy (non-hydrogen) atoms. The summed E-state index contributed by atoms with van der Waals surface area (Å²) < 4.78 is 11.4. The molecular weight excluding hydrogens is 340 g/mol. The topological polar surface area (TPSA) is 182 Å². The van der Waals surface area contributed by atoms with Gasteiger partial charge in [0.15, 0.2) is 12.0 Å².